The third kappa shape index (κ3) is 6.03. The second-order valence-electron chi connectivity index (χ2n) is 6.99. The lowest BCUT2D eigenvalue weighted by Gasteiger charge is -2.14. The maximum absolute atomic E-state index is 12.2. The van der Waals surface area contributed by atoms with Gasteiger partial charge in [-0.25, -0.2) is 4.79 Å². The summed E-state index contributed by atoms with van der Waals surface area (Å²) in [4.78, 5) is 23.5. The van der Waals surface area contributed by atoms with E-state index in [1.54, 1.807) is 11.8 Å². The van der Waals surface area contributed by atoms with Crippen molar-refractivity contribution in [3.8, 4) is 5.75 Å². The van der Waals surface area contributed by atoms with Crippen LogP contribution in [0.2, 0.25) is 0 Å². The zero-order valence-corrected chi connectivity index (χ0v) is 17.7. The Kier molecular flexibility index (Phi) is 7.79. The second-order valence-corrected chi connectivity index (χ2v) is 7.98. The molecule has 1 aromatic heterocycles. The quantitative estimate of drug-likeness (QED) is 0.486. The van der Waals surface area contributed by atoms with Crippen LogP contribution in [0.25, 0.3) is 10.9 Å². The second kappa shape index (κ2) is 10.7. The van der Waals surface area contributed by atoms with Crippen LogP contribution >= 0.6 is 11.8 Å². The molecule has 7 heteroatoms. The number of carbonyl (C=O) groups is 2. The molecule has 0 saturated heterocycles. The number of carbonyl (C=O) groups excluding carboxylic acids is 1. The Bertz CT molecular complexity index is 987. The van der Waals surface area contributed by atoms with Crippen LogP contribution in [0.4, 0.5) is 0 Å². The normalized spacial score (nSPS) is 11.9. The molecule has 158 valence electrons. The first kappa shape index (κ1) is 21.8. The van der Waals surface area contributed by atoms with Crippen LogP contribution in [0, 0.1) is 0 Å². The molecule has 3 rings (SSSR count). The van der Waals surface area contributed by atoms with Crippen LogP contribution in [0.1, 0.15) is 18.4 Å². The molecule has 6 nitrogen and oxygen atoms in total. The first-order valence-electron chi connectivity index (χ1n) is 9.83. The number of carboxylic acid groups (broad SMARTS) is 1. The monoisotopic (exact) mass is 426 g/mol. The minimum Gasteiger partial charge on any atom is -0.489 e. The van der Waals surface area contributed by atoms with E-state index in [0.717, 1.165) is 22.2 Å². The number of amides is 1. The summed E-state index contributed by atoms with van der Waals surface area (Å²) < 4.78 is 7.87. The SMILES string of the molecule is CSCC[C@@H](NC(=O)CCn1ccc2cc(OCc3ccccc3)ccc21)C(=O)O. The maximum Gasteiger partial charge on any atom is 0.326 e. The van der Waals surface area contributed by atoms with Crippen LogP contribution in [0.15, 0.2) is 60.8 Å². The topological polar surface area (TPSA) is 80.6 Å². The highest BCUT2D eigenvalue weighted by Gasteiger charge is 2.19. The Labute approximate surface area is 180 Å². The molecule has 3 aromatic rings. The standard InChI is InChI=1S/C23H26N2O4S/c1-30-14-11-20(23(27)28)24-22(26)10-13-25-12-9-18-15-19(7-8-21(18)25)29-16-17-5-3-2-4-6-17/h2-9,12,15,20H,10-11,13-14,16H2,1H3,(H,24,26)(H,27,28)/t20-/m1/s1. The van der Waals surface area contributed by atoms with E-state index in [2.05, 4.69) is 5.32 Å². The molecule has 2 N–H and O–H groups in total. The number of aliphatic carboxylic acids is 1. The zero-order chi connectivity index (χ0) is 21.3. The maximum atomic E-state index is 12.2. The van der Waals surface area contributed by atoms with Crippen LogP contribution < -0.4 is 10.1 Å². The highest BCUT2D eigenvalue weighted by Crippen LogP contribution is 2.23. The molecule has 0 radical (unpaired) electrons. The molecule has 0 aliphatic heterocycles. The van der Waals surface area contributed by atoms with Gasteiger partial charge in [0.1, 0.15) is 18.4 Å². The molecule has 1 amide bonds. The summed E-state index contributed by atoms with van der Waals surface area (Å²) in [7, 11) is 0. The van der Waals surface area contributed by atoms with Crippen molar-refractivity contribution in [2.45, 2.75) is 32.0 Å². The summed E-state index contributed by atoms with van der Waals surface area (Å²) in [5, 5.41) is 12.9. The summed E-state index contributed by atoms with van der Waals surface area (Å²) in [5.41, 5.74) is 2.12. The van der Waals surface area contributed by atoms with Gasteiger partial charge in [-0.3, -0.25) is 4.79 Å². The lowest BCUT2D eigenvalue weighted by atomic mass is 10.2. The summed E-state index contributed by atoms with van der Waals surface area (Å²) >= 11 is 1.56. The van der Waals surface area contributed by atoms with Crippen LogP contribution in [0.5, 0.6) is 5.75 Å². The molecular weight excluding hydrogens is 400 g/mol. The predicted molar refractivity (Wildman–Crippen MR) is 120 cm³/mol. The van der Waals surface area contributed by atoms with Crippen molar-refractivity contribution < 1.29 is 19.4 Å². The number of aromatic nitrogens is 1. The van der Waals surface area contributed by atoms with Crippen molar-refractivity contribution >= 4 is 34.5 Å². The number of benzene rings is 2. The number of aryl methyl sites for hydroxylation is 1. The van der Waals surface area contributed by atoms with Gasteiger partial charge in [-0.1, -0.05) is 30.3 Å². The van der Waals surface area contributed by atoms with Crippen molar-refractivity contribution in [1.29, 1.82) is 0 Å². The van der Waals surface area contributed by atoms with Gasteiger partial charge in [-0.05, 0) is 48.3 Å². The van der Waals surface area contributed by atoms with Gasteiger partial charge in [0, 0.05) is 30.1 Å². The summed E-state index contributed by atoms with van der Waals surface area (Å²) in [6.07, 6.45) is 4.48. The molecule has 0 aliphatic rings. The fraction of sp³-hybridized carbons (Fsp3) is 0.304. The fourth-order valence-electron chi connectivity index (χ4n) is 3.19. The van der Waals surface area contributed by atoms with E-state index < -0.39 is 12.0 Å². The zero-order valence-electron chi connectivity index (χ0n) is 16.9. The number of thioether (sulfide) groups is 1. The number of hydrogen-bond acceptors (Lipinski definition) is 4. The van der Waals surface area contributed by atoms with Gasteiger partial charge >= 0.3 is 5.97 Å². The highest BCUT2D eigenvalue weighted by atomic mass is 32.2. The minimum absolute atomic E-state index is 0.221. The largest absolute Gasteiger partial charge is 0.489 e. The number of carboxylic acids is 1. The molecule has 0 aliphatic carbocycles. The number of fused-ring (bicyclic) bond motifs is 1. The molecule has 2 aromatic carbocycles. The molecule has 0 fully saturated rings. The van der Waals surface area contributed by atoms with Crippen molar-refractivity contribution in [3.63, 3.8) is 0 Å². The lowest BCUT2D eigenvalue weighted by molar-refractivity contribution is -0.141. The number of nitrogens with one attached hydrogen (secondary N) is 1. The third-order valence-electron chi connectivity index (χ3n) is 4.81. The molecule has 0 spiro atoms. The van der Waals surface area contributed by atoms with Crippen molar-refractivity contribution in [2.75, 3.05) is 12.0 Å². The Balaban J connectivity index is 1.56. The Hall–Kier alpha value is -2.93. The van der Waals surface area contributed by atoms with Gasteiger partial charge in [-0.15, -0.1) is 0 Å². The van der Waals surface area contributed by atoms with Gasteiger partial charge < -0.3 is 19.7 Å². The van der Waals surface area contributed by atoms with Crippen molar-refractivity contribution in [1.82, 2.24) is 9.88 Å². The summed E-state index contributed by atoms with van der Waals surface area (Å²) in [6.45, 7) is 0.989. The third-order valence-corrected chi connectivity index (χ3v) is 5.46. The van der Waals surface area contributed by atoms with Crippen molar-refractivity contribution in [3.05, 3.63) is 66.4 Å². The molecule has 0 unspecified atom stereocenters. The Morgan fingerprint density at radius 3 is 2.70 bits per heavy atom. The van der Waals surface area contributed by atoms with E-state index in [4.69, 9.17) is 4.74 Å². The van der Waals surface area contributed by atoms with E-state index in [1.165, 1.54) is 0 Å². The smallest absolute Gasteiger partial charge is 0.326 e. The summed E-state index contributed by atoms with van der Waals surface area (Å²) in [5.74, 6) is 0.230. The van der Waals surface area contributed by atoms with E-state index in [9.17, 15) is 14.7 Å². The molecule has 30 heavy (non-hydrogen) atoms. The average molecular weight is 427 g/mol. The van der Waals surface area contributed by atoms with Gasteiger partial charge in [0.2, 0.25) is 5.91 Å². The van der Waals surface area contributed by atoms with E-state index in [1.807, 2.05) is 71.6 Å². The molecule has 0 bridgehead atoms. The first-order chi connectivity index (χ1) is 14.6. The number of hydrogen-bond donors (Lipinski definition) is 2. The predicted octanol–water partition coefficient (Wildman–Crippen LogP) is 3.93. The Morgan fingerprint density at radius 1 is 1.17 bits per heavy atom. The first-order valence-corrected chi connectivity index (χ1v) is 11.2. The summed E-state index contributed by atoms with van der Waals surface area (Å²) in [6, 6.07) is 17.0. The molecule has 0 saturated carbocycles. The Morgan fingerprint density at radius 2 is 1.97 bits per heavy atom. The van der Waals surface area contributed by atoms with Crippen LogP contribution in [-0.2, 0) is 22.7 Å². The molecule has 1 atom stereocenters. The number of rotatable bonds is 11. The van der Waals surface area contributed by atoms with Gasteiger partial charge in [0.25, 0.3) is 0 Å². The van der Waals surface area contributed by atoms with E-state index in [-0.39, 0.29) is 12.3 Å². The van der Waals surface area contributed by atoms with Crippen LogP contribution in [0.3, 0.4) is 0 Å². The molecule has 1 heterocycles. The van der Waals surface area contributed by atoms with Gasteiger partial charge in [0.05, 0.1) is 0 Å². The van der Waals surface area contributed by atoms with Gasteiger partial charge in [-0.2, -0.15) is 11.8 Å². The highest BCUT2D eigenvalue weighted by molar-refractivity contribution is 7.98. The fourth-order valence-corrected chi connectivity index (χ4v) is 3.66. The number of nitrogens with zero attached hydrogens (tertiary/aromatic N) is 1. The van der Waals surface area contributed by atoms with Crippen LogP contribution in [-0.4, -0.2) is 39.6 Å². The molecular formula is C23H26N2O4S. The minimum atomic E-state index is -0.994. The average Bonchev–Trinajstić information content (AvgIpc) is 3.16. The van der Waals surface area contributed by atoms with E-state index >= 15 is 0 Å². The lowest BCUT2D eigenvalue weighted by Crippen LogP contribution is -2.41. The van der Waals surface area contributed by atoms with Crippen molar-refractivity contribution in [2.24, 2.45) is 0 Å². The van der Waals surface area contributed by atoms with Gasteiger partial charge in [0.15, 0.2) is 0 Å². The number of ether oxygens (including phenoxy) is 1. The van der Waals surface area contributed by atoms with E-state index in [0.29, 0.717) is 25.3 Å².